The van der Waals surface area contributed by atoms with Gasteiger partial charge in [-0.2, -0.15) is 0 Å². The number of anilines is 1. The number of carbonyl (C=O) groups is 1. The lowest BCUT2D eigenvalue weighted by Crippen LogP contribution is -2.21. The Morgan fingerprint density at radius 3 is 2.69 bits per heavy atom. The Balaban J connectivity index is 2.85. The predicted octanol–water partition coefficient (Wildman–Crippen LogP) is 1.51. The summed E-state index contributed by atoms with van der Waals surface area (Å²) in [4.78, 5) is 22.2. The van der Waals surface area contributed by atoms with Gasteiger partial charge in [0.05, 0.1) is 11.3 Å². The first-order chi connectivity index (χ1) is 7.52. The maximum atomic E-state index is 10.7. The summed E-state index contributed by atoms with van der Waals surface area (Å²) in [7, 11) is 1.63. The molecule has 6 nitrogen and oxygen atoms in total. The molecule has 6 heteroatoms. The summed E-state index contributed by atoms with van der Waals surface area (Å²) < 4.78 is 0. The van der Waals surface area contributed by atoms with Crippen LogP contribution in [0.15, 0.2) is 24.3 Å². The summed E-state index contributed by atoms with van der Waals surface area (Å²) in [5, 5.41) is 19.3. The van der Waals surface area contributed by atoms with Gasteiger partial charge in [-0.1, -0.05) is 12.1 Å². The van der Waals surface area contributed by atoms with Gasteiger partial charge >= 0.3 is 5.97 Å². The van der Waals surface area contributed by atoms with Gasteiger partial charge < -0.3 is 10.0 Å². The molecule has 0 aromatic heterocycles. The third-order valence-corrected chi connectivity index (χ3v) is 2.15. The number of aliphatic carboxylic acids is 1. The average molecular weight is 224 g/mol. The number of nitro groups is 1. The largest absolute Gasteiger partial charge is 0.481 e. The van der Waals surface area contributed by atoms with E-state index in [1.165, 1.54) is 6.07 Å². The van der Waals surface area contributed by atoms with Crippen molar-refractivity contribution in [2.75, 3.05) is 18.5 Å². The first-order valence-corrected chi connectivity index (χ1v) is 4.68. The number of rotatable bonds is 5. The van der Waals surface area contributed by atoms with E-state index in [2.05, 4.69) is 0 Å². The molecule has 0 atom stereocenters. The number of nitro benzene ring substituents is 1. The van der Waals surface area contributed by atoms with E-state index in [4.69, 9.17) is 5.11 Å². The number of hydrogen-bond acceptors (Lipinski definition) is 4. The van der Waals surface area contributed by atoms with Crippen LogP contribution in [0.25, 0.3) is 0 Å². The summed E-state index contributed by atoms with van der Waals surface area (Å²) in [6.45, 7) is 0.236. The first kappa shape index (κ1) is 12.0. The molecule has 0 aliphatic carbocycles. The normalized spacial score (nSPS) is 9.81. The second-order valence-corrected chi connectivity index (χ2v) is 3.31. The second-order valence-electron chi connectivity index (χ2n) is 3.31. The number of benzene rings is 1. The Kier molecular flexibility index (Phi) is 3.82. The van der Waals surface area contributed by atoms with Crippen LogP contribution < -0.4 is 4.90 Å². The van der Waals surface area contributed by atoms with Crippen molar-refractivity contribution in [2.45, 2.75) is 6.42 Å². The van der Waals surface area contributed by atoms with Crippen molar-refractivity contribution in [3.63, 3.8) is 0 Å². The minimum atomic E-state index is -0.926. The number of hydrogen-bond donors (Lipinski definition) is 1. The predicted molar refractivity (Wildman–Crippen MR) is 58.6 cm³/mol. The zero-order chi connectivity index (χ0) is 12.1. The van der Waals surface area contributed by atoms with Gasteiger partial charge in [0.15, 0.2) is 0 Å². The van der Waals surface area contributed by atoms with Crippen molar-refractivity contribution < 1.29 is 14.8 Å². The van der Waals surface area contributed by atoms with Crippen LogP contribution in [0.2, 0.25) is 0 Å². The molecule has 0 amide bonds. The molecule has 1 N–H and O–H groups in total. The van der Waals surface area contributed by atoms with Gasteiger partial charge in [0.25, 0.3) is 5.69 Å². The number of carboxylic acids is 1. The number of nitrogens with zero attached hydrogens (tertiary/aromatic N) is 2. The molecule has 16 heavy (non-hydrogen) atoms. The highest BCUT2D eigenvalue weighted by molar-refractivity contribution is 5.69. The lowest BCUT2D eigenvalue weighted by Gasteiger charge is -2.17. The Morgan fingerprint density at radius 1 is 1.50 bits per heavy atom. The van der Waals surface area contributed by atoms with Crippen LogP contribution in [0.1, 0.15) is 6.42 Å². The third kappa shape index (κ3) is 2.94. The van der Waals surface area contributed by atoms with Crippen molar-refractivity contribution in [3.05, 3.63) is 34.4 Å². The van der Waals surface area contributed by atoms with Gasteiger partial charge in [-0.15, -0.1) is 0 Å². The van der Waals surface area contributed by atoms with E-state index in [-0.39, 0.29) is 18.7 Å². The molecule has 0 aliphatic rings. The monoisotopic (exact) mass is 224 g/mol. The third-order valence-electron chi connectivity index (χ3n) is 2.15. The lowest BCUT2D eigenvalue weighted by atomic mass is 10.2. The lowest BCUT2D eigenvalue weighted by molar-refractivity contribution is -0.384. The van der Waals surface area contributed by atoms with E-state index in [1.54, 1.807) is 30.1 Å². The molecular formula is C10H12N2O4. The highest BCUT2D eigenvalue weighted by Gasteiger charge is 2.16. The van der Waals surface area contributed by atoms with Crippen LogP contribution in [-0.2, 0) is 4.79 Å². The fourth-order valence-corrected chi connectivity index (χ4v) is 1.33. The van der Waals surface area contributed by atoms with Gasteiger partial charge in [-0.05, 0) is 6.07 Å². The average Bonchev–Trinajstić information content (AvgIpc) is 2.25. The molecule has 0 aliphatic heterocycles. The molecule has 86 valence electrons. The van der Waals surface area contributed by atoms with Crippen LogP contribution in [0.3, 0.4) is 0 Å². The van der Waals surface area contributed by atoms with E-state index in [9.17, 15) is 14.9 Å². The van der Waals surface area contributed by atoms with E-state index < -0.39 is 10.9 Å². The number of para-hydroxylation sites is 2. The molecule has 0 bridgehead atoms. The SMILES string of the molecule is CN(CCC(=O)O)c1ccccc1[N+](=O)[O-]. The molecule has 0 radical (unpaired) electrons. The van der Waals surface area contributed by atoms with E-state index >= 15 is 0 Å². The standard InChI is InChI=1S/C10H12N2O4/c1-11(7-6-10(13)14)8-4-2-3-5-9(8)12(15)16/h2-5H,6-7H2,1H3,(H,13,14). The molecule has 0 fully saturated rings. The minimum absolute atomic E-state index is 0.0182. The topological polar surface area (TPSA) is 83.7 Å². The Morgan fingerprint density at radius 2 is 2.12 bits per heavy atom. The van der Waals surface area contributed by atoms with Crippen molar-refractivity contribution in [1.82, 2.24) is 0 Å². The molecule has 0 unspecified atom stereocenters. The fourth-order valence-electron chi connectivity index (χ4n) is 1.33. The van der Waals surface area contributed by atoms with Gasteiger partial charge in [0.2, 0.25) is 0 Å². The Labute approximate surface area is 92.3 Å². The van der Waals surface area contributed by atoms with Gasteiger partial charge in [-0.25, -0.2) is 0 Å². The summed E-state index contributed by atoms with van der Waals surface area (Å²) in [6.07, 6.45) is -0.0530. The van der Waals surface area contributed by atoms with Crippen molar-refractivity contribution in [1.29, 1.82) is 0 Å². The zero-order valence-electron chi connectivity index (χ0n) is 8.79. The summed E-state index contributed by atoms with van der Waals surface area (Å²) in [5.74, 6) is -0.926. The van der Waals surface area contributed by atoms with Crippen LogP contribution >= 0.6 is 0 Å². The zero-order valence-corrected chi connectivity index (χ0v) is 8.79. The summed E-state index contributed by atoms with van der Waals surface area (Å²) >= 11 is 0. The quantitative estimate of drug-likeness (QED) is 0.605. The van der Waals surface area contributed by atoms with E-state index in [0.717, 1.165) is 0 Å². The maximum absolute atomic E-state index is 10.7. The second kappa shape index (κ2) is 5.11. The van der Waals surface area contributed by atoms with Gasteiger partial charge in [0.1, 0.15) is 5.69 Å². The van der Waals surface area contributed by atoms with Gasteiger partial charge in [-0.3, -0.25) is 14.9 Å². The Bertz CT molecular complexity index is 406. The fraction of sp³-hybridized carbons (Fsp3) is 0.300. The highest BCUT2D eigenvalue weighted by atomic mass is 16.6. The van der Waals surface area contributed by atoms with E-state index in [1.807, 2.05) is 0 Å². The molecular weight excluding hydrogens is 212 g/mol. The molecule has 1 rings (SSSR count). The summed E-state index contributed by atoms with van der Waals surface area (Å²) in [6, 6.07) is 6.25. The van der Waals surface area contributed by atoms with Crippen LogP contribution in [-0.4, -0.2) is 29.6 Å². The van der Waals surface area contributed by atoms with E-state index in [0.29, 0.717) is 5.69 Å². The molecule has 0 spiro atoms. The molecule has 0 saturated heterocycles. The molecule has 1 aromatic rings. The van der Waals surface area contributed by atoms with Crippen molar-refractivity contribution in [2.24, 2.45) is 0 Å². The molecule has 1 aromatic carbocycles. The van der Waals surface area contributed by atoms with Crippen molar-refractivity contribution in [3.8, 4) is 0 Å². The van der Waals surface area contributed by atoms with Crippen LogP contribution in [0.5, 0.6) is 0 Å². The maximum Gasteiger partial charge on any atom is 0.305 e. The summed E-state index contributed by atoms with van der Waals surface area (Å²) in [5.41, 5.74) is 0.407. The minimum Gasteiger partial charge on any atom is -0.481 e. The Hall–Kier alpha value is -2.11. The molecule has 0 saturated carbocycles. The number of carboxylic acid groups (broad SMARTS) is 1. The first-order valence-electron chi connectivity index (χ1n) is 4.68. The van der Waals surface area contributed by atoms with Gasteiger partial charge in [0, 0.05) is 19.7 Å². The molecule has 0 heterocycles. The van der Waals surface area contributed by atoms with Crippen LogP contribution in [0.4, 0.5) is 11.4 Å². The highest BCUT2D eigenvalue weighted by Crippen LogP contribution is 2.26. The van der Waals surface area contributed by atoms with Crippen LogP contribution in [0, 0.1) is 10.1 Å². The smallest absolute Gasteiger partial charge is 0.305 e. The van der Waals surface area contributed by atoms with Crippen molar-refractivity contribution >= 4 is 17.3 Å².